The van der Waals surface area contributed by atoms with Crippen molar-refractivity contribution in [3.63, 3.8) is 0 Å². The molecule has 2 aromatic carbocycles. The first-order valence-corrected chi connectivity index (χ1v) is 6.52. The minimum Gasteiger partial charge on any atom is -0.506 e. The molecule has 0 radical (unpaired) electrons. The molecule has 0 saturated heterocycles. The highest BCUT2D eigenvalue weighted by molar-refractivity contribution is 6.32. The van der Waals surface area contributed by atoms with E-state index in [0.29, 0.717) is 11.6 Å². The molecule has 1 aliphatic heterocycles. The predicted octanol–water partition coefficient (Wildman–Crippen LogP) is 3.75. The fourth-order valence-corrected chi connectivity index (χ4v) is 2.66. The highest BCUT2D eigenvalue weighted by Gasteiger charge is 2.19. The van der Waals surface area contributed by atoms with Crippen LogP contribution < -0.4 is 4.90 Å². The minimum atomic E-state index is -0.214. The van der Waals surface area contributed by atoms with E-state index in [1.165, 1.54) is 11.6 Å². The smallest absolute Gasteiger partial charge is 0.134 e. The van der Waals surface area contributed by atoms with Crippen LogP contribution in [0.2, 0.25) is 5.02 Å². The Bertz CT molecular complexity index is 630. The fraction of sp³-hybridized carbons (Fsp3) is 0.200. The number of aromatic hydroxyl groups is 1. The van der Waals surface area contributed by atoms with Crippen molar-refractivity contribution in [3.05, 3.63) is 58.4 Å². The molecule has 0 aromatic heterocycles. The largest absolute Gasteiger partial charge is 0.506 e. The maximum absolute atomic E-state index is 13.3. The van der Waals surface area contributed by atoms with Crippen LogP contribution in [0.4, 0.5) is 10.1 Å². The molecule has 3 rings (SSSR count). The van der Waals surface area contributed by atoms with Crippen molar-refractivity contribution in [2.24, 2.45) is 0 Å². The second-order valence-corrected chi connectivity index (χ2v) is 5.14. The lowest BCUT2D eigenvalue weighted by Gasteiger charge is -2.19. The monoisotopic (exact) mass is 277 g/mol. The summed E-state index contributed by atoms with van der Waals surface area (Å²) in [6, 6.07) is 10.1. The SMILES string of the molecule is Oc1ccc(CN2CCc3ccc(F)cc32)cc1Cl. The Hall–Kier alpha value is -1.74. The number of phenols is 1. The van der Waals surface area contributed by atoms with Crippen LogP contribution in [0.25, 0.3) is 0 Å². The Kier molecular flexibility index (Phi) is 3.07. The summed E-state index contributed by atoms with van der Waals surface area (Å²) in [4.78, 5) is 2.13. The van der Waals surface area contributed by atoms with Crippen molar-refractivity contribution in [3.8, 4) is 5.75 Å². The summed E-state index contributed by atoms with van der Waals surface area (Å²) in [6.07, 6.45) is 0.932. The van der Waals surface area contributed by atoms with E-state index < -0.39 is 0 Å². The van der Waals surface area contributed by atoms with Gasteiger partial charge in [0.2, 0.25) is 0 Å². The van der Waals surface area contributed by atoms with Crippen molar-refractivity contribution in [1.29, 1.82) is 0 Å². The molecular weight excluding hydrogens is 265 g/mol. The Morgan fingerprint density at radius 2 is 2.05 bits per heavy atom. The van der Waals surface area contributed by atoms with Crippen molar-refractivity contribution < 1.29 is 9.50 Å². The molecule has 0 aliphatic carbocycles. The molecule has 4 heteroatoms. The molecule has 1 heterocycles. The van der Waals surface area contributed by atoms with Gasteiger partial charge in [-0.15, -0.1) is 0 Å². The van der Waals surface area contributed by atoms with Crippen LogP contribution >= 0.6 is 11.6 Å². The lowest BCUT2D eigenvalue weighted by atomic mass is 10.1. The van der Waals surface area contributed by atoms with E-state index >= 15 is 0 Å². The molecule has 1 aliphatic rings. The van der Waals surface area contributed by atoms with Crippen molar-refractivity contribution in [2.45, 2.75) is 13.0 Å². The van der Waals surface area contributed by atoms with Crippen LogP contribution in [-0.4, -0.2) is 11.7 Å². The van der Waals surface area contributed by atoms with Crippen molar-refractivity contribution in [1.82, 2.24) is 0 Å². The third kappa shape index (κ3) is 2.38. The standard InChI is InChI=1S/C15H13ClFNO/c16-13-7-10(1-4-15(13)19)9-18-6-5-11-2-3-12(17)8-14(11)18/h1-4,7-8,19H,5-6,9H2. The number of hydrogen-bond acceptors (Lipinski definition) is 2. The molecule has 0 saturated carbocycles. The molecule has 2 nitrogen and oxygen atoms in total. The van der Waals surface area contributed by atoms with E-state index in [0.717, 1.165) is 24.2 Å². The first kappa shape index (κ1) is 12.3. The zero-order chi connectivity index (χ0) is 13.4. The van der Waals surface area contributed by atoms with Crippen LogP contribution in [0.1, 0.15) is 11.1 Å². The third-order valence-electron chi connectivity index (χ3n) is 3.42. The van der Waals surface area contributed by atoms with Gasteiger partial charge >= 0.3 is 0 Å². The van der Waals surface area contributed by atoms with Crippen molar-refractivity contribution >= 4 is 17.3 Å². The van der Waals surface area contributed by atoms with Gasteiger partial charge in [0.1, 0.15) is 11.6 Å². The van der Waals surface area contributed by atoms with Gasteiger partial charge in [0.25, 0.3) is 0 Å². The Labute approximate surface area is 116 Å². The van der Waals surface area contributed by atoms with Gasteiger partial charge in [0, 0.05) is 18.8 Å². The average Bonchev–Trinajstić information content (AvgIpc) is 2.77. The average molecular weight is 278 g/mol. The molecule has 0 atom stereocenters. The summed E-state index contributed by atoms with van der Waals surface area (Å²) in [5, 5.41) is 9.75. The lowest BCUT2D eigenvalue weighted by molar-refractivity contribution is 0.475. The molecule has 98 valence electrons. The lowest BCUT2D eigenvalue weighted by Crippen LogP contribution is -2.19. The maximum atomic E-state index is 13.3. The number of hydrogen-bond donors (Lipinski definition) is 1. The van der Waals surface area contributed by atoms with Gasteiger partial charge in [0.15, 0.2) is 0 Å². The Balaban J connectivity index is 1.86. The van der Waals surface area contributed by atoms with Gasteiger partial charge in [-0.25, -0.2) is 4.39 Å². The number of halogens is 2. The normalized spacial score (nSPS) is 13.7. The third-order valence-corrected chi connectivity index (χ3v) is 3.73. The Morgan fingerprint density at radius 3 is 2.84 bits per heavy atom. The van der Waals surface area contributed by atoms with E-state index in [9.17, 15) is 9.50 Å². The summed E-state index contributed by atoms with van der Waals surface area (Å²) >= 11 is 5.90. The number of fused-ring (bicyclic) bond motifs is 1. The number of benzene rings is 2. The first-order valence-electron chi connectivity index (χ1n) is 6.14. The highest BCUT2D eigenvalue weighted by Crippen LogP contribution is 2.31. The van der Waals surface area contributed by atoms with E-state index in [1.54, 1.807) is 18.2 Å². The van der Waals surface area contributed by atoms with Gasteiger partial charge in [-0.3, -0.25) is 0 Å². The van der Waals surface area contributed by atoms with Crippen LogP contribution in [0.15, 0.2) is 36.4 Å². The topological polar surface area (TPSA) is 23.5 Å². The van der Waals surface area contributed by atoms with Crippen LogP contribution in [0, 0.1) is 5.82 Å². The van der Waals surface area contributed by atoms with E-state index in [1.807, 2.05) is 12.1 Å². The Morgan fingerprint density at radius 1 is 1.21 bits per heavy atom. The van der Waals surface area contributed by atoms with Gasteiger partial charge in [-0.1, -0.05) is 23.7 Å². The van der Waals surface area contributed by atoms with Gasteiger partial charge in [-0.2, -0.15) is 0 Å². The van der Waals surface area contributed by atoms with Gasteiger partial charge < -0.3 is 10.0 Å². The van der Waals surface area contributed by atoms with E-state index in [2.05, 4.69) is 4.90 Å². The first-order chi connectivity index (χ1) is 9.13. The van der Waals surface area contributed by atoms with Crippen LogP contribution in [0.5, 0.6) is 5.75 Å². The summed E-state index contributed by atoms with van der Waals surface area (Å²) in [7, 11) is 0. The number of rotatable bonds is 2. The summed E-state index contributed by atoms with van der Waals surface area (Å²) in [5.41, 5.74) is 3.12. The highest BCUT2D eigenvalue weighted by atomic mass is 35.5. The second kappa shape index (κ2) is 4.74. The van der Waals surface area contributed by atoms with E-state index in [-0.39, 0.29) is 11.6 Å². The quantitative estimate of drug-likeness (QED) is 0.904. The molecule has 2 aromatic rings. The molecule has 1 N–H and O–H groups in total. The van der Waals surface area contributed by atoms with Crippen LogP contribution in [-0.2, 0) is 13.0 Å². The fourth-order valence-electron chi connectivity index (χ4n) is 2.45. The molecule has 0 fully saturated rings. The van der Waals surface area contributed by atoms with Crippen molar-refractivity contribution in [2.75, 3.05) is 11.4 Å². The molecular formula is C15H13ClFNO. The number of nitrogens with zero attached hydrogens (tertiary/aromatic N) is 1. The molecule has 0 unspecified atom stereocenters. The second-order valence-electron chi connectivity index (χ2n) is 4.73. The zero-order valence-electron chi connectivity index (χ0n) is 10.2. The molecule has 0 spiro atoms. The number of anilines is 1. The van der Waals surface area contributed by atoms with Gasteiger partial charge in [-0.05, 0) is 41.8 Å². The maximum Gasteiger partial charge on any atom is 0.134 e. The van der Waals surface area contributed by atoms with E-state index in [4.69, 9.17) is 11.6 Å². The molecule has 19 heavy (non-hydrogen) atoms. The molecule has 0 amide bonds. The summed E-state index contributed by atoms with van der Waals surface area (Å²) in [6.45, 7) is 1.54. The summed E-state index contributed by atoms with van der Waals surface area (Å²) < 4.78 is 13.3. The minimum absolute atomic E-state index is 0.0817. The van der Waals surface area contributed by atoms with Gasteiger partial charge in [0.05, 0.1) is 5.02 Å². The zero-order valence-corrected chi connectivity index (χ0v) is 11.0. The number of phenolic OH excluding ortho intramolecular Hbond substituents is 1. The van der Waals surface area contributed by atoms with Crippen LogP contribution in [0.3, 0.4) is 0 Å². The molecule has 0 bridgehead atoms. The summed E-state index contributed by atoms with van der Waals surface area (Å²) in [5.74, 6) is -0.132. The predicted molar refractivity (Wildman–Crippen MR) is 74.3 cm³/mol.